The van der Waals surface area contributed by atoms with Crippen LogP contribution in [0, 0.1) is 5.92 Å². The molecule has 0 radical (unpaired) electrons. The molecule has 0 spiro atoms. The fourth-order valence-corrected chi connectivity index (χ4v) is 3.26. The summed E-state index contributed by atoms with van der Waals surface area (Å²) in [5.41, 5.74) is 5.19. The second-order valence-electron chi connectivity index (χ2n) is 6.32. The van der Waals surface area contributed by atoms with E-state index in [4.69, 9.17) is 5.73 Å². The molecule has 6 heteroatoms. The van der Waals surface area contributed by atoms with Crippen molar-refractivity contribution in [2.45, 2.75) is 44.6 Å². The van der Waals surface area contributed by atoms with Gasteiger partial charge in [-0.15, -0.1) is 0 Å². The fraction of sp³-hybridized carbons (Fsp3) is 0.867. The third-order valence-corrected chi connectivity index (χ3v) is 4.57. The molecular formula is C15H28N4O2. The van der Waals surface area contributed by atoms with E-state index in [2.05, 4.69) is 15.5 Å². The maximum absolute atomic E-state index is 12.0. The summed E-state index contributed by atoms with van der Waals surface area (Å²) >= 11 is 0. The van der Waals surface area contributed by atoms with Gasteiger partial charge in [0.2, 0.25) is 11.8 Å². The first-order valence-electron chi connectivity index (χ1n) is 8.14. The molecule has 2 aliphatic heterocycles. The molecule has 2 heterocycles. The SMILES string of the molecule is NC(=O)CN1CCC(NC(=O)CCC2CCNCC2)CC1. The number of carbonyl (C=O) groups is 2. The molecule has 0 aromatic heterocycles. The highest BCUT2D eigenvalue weighted by Gasteiger charge is 2.22. The monoisotopic (exact) mass is 296 g/mol. The zero-order valence-corrected chi connectivity index (χ0v) is 12.8. The molecule has 0 aliphatic carbocycles. The van der Waals surface area contributed by atoms with Crippen molar-refractivity contribution in [3.63, 3.8) is 0 Å². The number of carbonyl (C=O) groups excluding carboxylic acids is 2. The van der Waals surface area contributed by atoms with Crippen molar-refractivity contribution >= 4 is 11.8 Å². The molecule has 120 valence electrons. The number of primary amides is 1. The largest absolute Gasteiger partial charge is 0.369 e. The van der Waals surface area contributed by atoms with E-state index >= 15 is 0 Å². The van der Waals surface area contributed by atoms with Crippen LogP contribution in [0.15, 0.2) is 0 Å². The van der Waals surface area contributed by atoms with E-state index in [1.807, 2.05) is 0 Å². The molecule has 2 rings (SSSR count). The van der Waals surface area contributed by atoms with Crippen LogP contribution in [0.4, 0.5) is 0 Å². The van der Waals surface area contributed by atoms with Crippen molar-refractivity contribution in [3.05, 3.63) is 0 Å². The molecule has 0 bridgehead atoms. The minimum absolute atomic E-state index is 0.182. The summed E-state index contributed by atoms with van der Waals surface area (Å²) in [6.45, 7) is 4.18. The predicted molar refractivity (Wildman–Crippen MR) is 81.6 cm³/mol. The van der Waals surface area contributed by atoms with Gasteiger partial charge in [-0.3, -0.25) is 14.5 Å². The lowest BCUT2D eigenvalue weighted by Crippen LogP contribution is -2.46. The van der Waals surface area contributed by atoms with E-state index in [9.17, 15) is 9.59 Å². The third kappa shape index (κ3) is 6.01. The lowest BCUT2D eigenvalue weighted by atomic mass is 9.93. The molecule has 21 heavy (non-hydrogen) atoms. The van der Waals surface area contributed by atoms with E-state index < -0.39 is 0 Å². The number of likely N-dealkylation sites (tertiary alicyclic amines) is 1. The van der Waals surface area contributed by atoms with Gasteiger partial charge in [0.1, 0.15) is 0 Å². The number of nitrogens with zero attached hydrogens (tertiary/aromatic N) is 1. The Morgan fingerprint density at radius 2 is 1.81 bits per heavy atom. The number of amides is 2. The number of rotatable bonds is 6. The highest BCUT2D eigenvalue weighted by atomic mass is 16.2. The van der Waals surface area contributed by atoms with Gasteiger partial charge < -0.3 is 16.4 Å². The summed E-state index contributed by atoms with van der Waals surface area (Å²) in [6, 6.07) is 0.259. The Hall–Kier alpha value is -1.14. The fourth-order valence-electron chi connectivity index (χ4n) is 3.26. The number of nitrogens with two attached hydrogens (primary N) is 1. The van der Waals surface area contributed by atoms with Crippen LogP contribution in [0.1, 0.15) is 38.5 Å². The molecule has 0 atom stereocenters. The third-order valence-electron chi connectivity index (χ3n) is 4.57. The molecule has 6 nitrogen and oxygen atoms in total. The topological polar surface area (TPSA) is 87.5 Å². The summed E-state index contributed by atoms with van der Waals surface area (Å²) in [7, 11) is 0. The highest BCUT2D eigenvalue weighted by molar-refractivity contribution is 5.76. The van der Waals surface area contributed by atoms with Crippen molar-refractivity contribution in [1.29, 1.82) is 0 Å². The second-order valence-corrected chi connectivity index (χ2v) is 6.32. The quantitative estimate of drug-likeness (QED) is 0.635. The average molecular weight is 296 g/mol. The van der Waals surface area contributed by atoms with E-state index in [1.165, 1.54) is 12.8 Å². The Labute approximate surface area is 126 Å². The lowest BCUT2D eigenvalue weighted by molar-refractivity contribution is -0.123. The van der Waals surface area contributed by atoms with Gasteiger partial charge in [0.25, 0.3) is 0 Å². The van der Waals surface area contributed by atoms with Crippen molar-refractivity contribution in [1.82, 2.24) is 15.5 Å². The standard InChI is InChI=1S/C15H28N4O2/c16-14(20)11-19-9-5-13(6-10-19)18-15(21)2-1-12-3-7-17-8-4-12/h12-13,17H,1-11H2,(H2,16,20)(H,18,21). The van der Waals surface area contributed by atoms with Crippen molar-refractivity contribution < 1.29 is 9.59 Å². The van der Waals surface area contributed by atoms with Gasteiger partial charge in [-0.2, -0.15) is 0 Å². The van der Waals surface area contributed by atoms with Gasteiger partial charge in [0.15, 0.2) is 0 Å². The Balaban J connectivity index is 1.59. The Morgan fingerprint density at radius 3 is 2.43 bits per heavy atom. The minimum atomic E-state index is -0.278. The van der Waals surface area contributed by atoms with Crippen LogP contribution in [0.25, 0.3) is 0 Å². The number of hydrogen-bond acceptors (Lipinski definition) is 4. The molecule has 0 aromatic rings. The Kier molecular flexibility index (Phi) is 6.45. The summed E-state index contributed by atoms with van der Waals surface area (Å²) in [4.78, 5) is 24.9. The second kappa shape index (κ2) is 8.34. The predicted octanol–water partition coefficient (Wildman–Crippen LogP) is -0.168. The van der Waals surface area contributed by atoms with E-state index in [0.29, 0.717) is 18.9 Å². The number of piperidine rings is 2. The maximum atomic E-state index is 12.0. The first-order valence-corrected chi connectivity index (χ1v) is 8.14. The van der Waals surface area contributed by atoms with Crippen LogP contribution < -0.4 is 16.4 Å². The molecule has 2 aliphatic rings. The van der Waals surface area contributed by atoms with E-state index in [0.717, 1.165) is 45.4 Å². The normalized spacial score (nSPS) is 22.1. The Bertz CT molecular complexity index is 348. The summed E-state index contributed by atoms with van der Waals surface area (Å²) < 4.78 is 0. The summed E-state index contributed by atoms with van der Waals surface area (Å²) in [6.07, 6.45) is 5.86. The lowest BCUT2D eigenvalue weighted by Gasteiger charge is -2.31. The van der Waals surface area contributed by atoms with E-state index in [1.54, 1.807) is 0 Å². The van der Waals surface area contributed by atoms with Crippen molar-refractivity contribution in [2.24, 2.45) is 11.7 Å². The van der Waals surface area contributed by atoms with Crippen LogP contribution in [-0.4, -0.2) is 55.5 Å². The van der Waals surface area contributed by atoms with Crippen LogP contribution in [0.5, 0.6) is 0 Å². The molecule has 0 aromatic carbocycles. The zero-order valence-electron chi connectivity index (χ0n) is 12.8. The summed E-state index contributed by atoms with van der Waals surface area (Å²) in [5, 5.41) is 6.48. The van der Waals surface area contributed by atoms with Gasteiger partial charge in [-0.05, 0) is 51.1 Å². The van der Waals surface area contributed by atoms with Gasteiger partial charge in [-0.25, -0.2) is 0 Å². The first-order chi connectivity index (χ1) is 10.1. The molecule has 2 amide bonds. The van der Waals surface area contributed by atoms with Crippen LogP contribution in [0.2, 0.25) is 0 Å². The highest BCUT2D eigenvalue weighted by Crippen LogP contribution is 2.18. The molecule has 0 saturated carbocycles. The zero-order chi connectivity index (χ0) is 15.1. The molecule has 4 N–H and O–H groups in total. The number of hydrogen-bond donors (Lipinski definition) is 3. The van der Waals surface area contributed by atoms with E-state index in [-0.39, 0.29) is 17.9 Å². The van der Waals surface area contributed by atoms with Gasteiger partial charge in [0, 0.05) is 25.6 Å². The number of nitrogens with one attached hydrogen (secondary N) is 2. The van der Waals surface area contributed by atoms with Gasteiger partial charge >= 0.3 is 0 Å². The van der Waals surface area contributed by atoms with Gasteiger partial charge in [0.05, 0.1) is 6.54 Å². The molecule has 2 saturated heterocycles. The van der Waals surface area contributed by atoms with Crippen molar-refractivity contribution in [2.75, 3.05) is 32.7 Å². The molecule has 2 fully saturated rings. The van der Waals surface area contributed by atoms with Crippen molar-refractivity contribution in [3.8, 4) is 0 Å². The average Bonchev–Trinajstić information content (AvgIpc) is 2.48. The van der Waals surface area contributed by atoms with Crippen LogP contribution in [-0.2, 0) is 9.59 Å². The van der Waals surface area contributed by atoms with Crippen LogP contribution in [0.3, 0.4) is 0 Å². The molecular weight excluding hydrogens is 268 g/mol. The van der Waals surface area contributed by atoms with Crippen LogP contribution >= 0.6 is 0 Å². The summed E-state index contributed by atoms with van der Waals surface area (Å²) in [5.74, 6) is 0.607. The van der Waals surface area contributed by atoms with Gasteiger partial charge in [-0.1, -0.05) is 0 Å². The molecule has 0 unspecified atom stereocenters. The Morgan fingerprint density at radius 1 is 1.14 bits per heavy atom. The first kappa shape index (κ1) is 16.2. The maximum Gasteiger partial charge on any atom is 0.231 e. The minimum Gasteiger partial charge on any atom is -0.369 e. The smallest absolute Gasteiger partial charge is 0.231 e.